The van der Waals surface area contributed by atoms with Gasteiger partial charge in [0.25, 0.3) is 5.69 Å². The van der Waals surface area contributed by atoms with E-state index in [0.717, 1.165) is 23.6 Å². The maximum Gasteiger partial charge on any atom is 0.269 e. The maximum atomic E-state index is 11.8. The Morgan fingerprint density at radius 3 is 2.67 bits per heavy atom. The minimum Gasteiger partial charge on any atom is -0.273 e. The minimum absolute atomic E-state index is 0.0291. The first-order valence-electron chi connectivity index (χ1n) is 7.20. The van der Waals surface area contributed by atoms with Crippen LogP contribution in [0.25, 0.3) is 0 Å². The smallest absolute Gasteiger partial charge is 0.269 e. The number of nitrogens with one attached hydrogen (secondary N) is 1. The first-order chi connectivity index (χ1) is 10.1. The molecule has 2 aliphatic rings. The van der Waals surface area contributed by atoms with Gasteiger partial charge in [-0.2, -0.15) is 5.10 Å². The average Bonchev–Trinajstić information content (AvgIpc) is 3.08. The number of nitro benzene ring substituents is 1. The van der Waals surface area contributed by atoms with Crippen LogP contribution in [0.15, 0.2) is 29.4 Å². The normalized spacial score (nSPS) is 25.2. The van der Waals surface area contributed by atoms with Gasteiger partial charge in [0.15, 0.2) is 0 Å². The Kier molecular flexibility index (Phi) is 3.68. The molecule has 0 unspecified atom stereocenters. The van der Waals surface area contributed by atoms with E-state index in [0.29, 0.717) is 5.92 Å². The van der Waals surface area contributed by atoms with Crippen molar-refractivity contribution in [3.05, 3.63) is 39.9 Å². The van der Waals surface area contributed by atoms with Gasteiger partial charge in [0.05, 0.1) is 11.3 Å². The van der Waals surface area contributed by atoms with Crippen LogP contribution in [0.5, 0.6) is 0 Å². The largest absolute Gasteiger partial charge is 0.273 e. The zero-order valence-electron chi connectivity index (χ0n) is 11.6. The third-order valence-corrected chi connectivity index (χ3v) is 4.35. The number of hydrogen-bond donors (Lipinski definition) is 1. The van der Waals surface area contributed by atoms with E-state index < -0.39 is 4.92 Å². The molecular formula is C15H17N3O3. The van der Waals surface area contributed by atoms with Gasteiger partial charge in [-0.3, -0.25) is 14.9 Å². The number of amides is 1. The third kappa shape index (κ3) is 3.09. The summed E-state index contributed by atoms with van der Waals surface area (Å²) in [5, 5.41) is 14.8. The van der Waals surface area contributed by atoms with Crippen molar-refractivity contribution in [2.24, 2.45) is 16.9 Å². The van der Waals surface area contributed by atoms with E-state index in [1.165, 1.54) is 31.4 Å². The molecule has 6 heteroatoms. The molecule has 1 aromatic carbocycles. The van der Waals surface area contributed by atoms with E-state index >= 15 is 0 Å². The quantitative estimate of drug-likeness (QED) is 0.681. The highest BCUT2D eigenvalue weighted by Gasteiger charge is 2.36. The second-order valence-corrected chi connectivity index (χ2v) is 5.82. The van der Waals surface area contributed by atoms with Crippen molar-refractivity contribution in [1.82, 2.24) is 5.43 Å². The van der Waals surface area contributed by atoms with Gasteiger partial charge in [-0.1, -0.05) is 12.1 Å². The van der Waals surface area contributed by atoms with Gasteiger partial charge >= 0.3 is 0 Å². The van der Waals surface area contributed by atoms with Crippen molar-refractivity contribution in [2.75, 3.05) is 0 Å². The van der Waals surface area contributed by atoms with Gasteiger partial charge < -0.3 is 0 Å². The van der Waals surface area contributed by atoms with Gasteiger partial charge in [-0.05, 0) is 43.1 Å². The summed E-state index contributed by atoms with van der Waals surface area (Å²) in [4.78, 5) is 21.9. The molecule has 1 aromatic rings. The number of rotatable bonds is 4. The highest BCUT2D eigenvalue weighted by Crippen LogP contribution is 2.42. The molecule has 110 valence electrons. The van der Waals surface area contributed by atoms with Crippen molar-refractivity contribution in [1.29, 1.82) is 0 Å². The standard InChI is InChI=1S/C15H17N3O3/c19-15(9-10-2-5-13(6-3-10)18(20)21)17-16-14-8-11-1-4-12(14)7-11/h2-3,5-6,11-12H,1,4,7-9H2,(H,17,19)/b16-14+/t11-,12-/m0/s1. The van der Waals surface area contributed by atoms with Crippen LogP contribution in [0, 0.1) is 22.0 Å². The summed E-state index contributed by atoms with van der Waals surface area (Å²) < 4.78 is 0. The second-order valence-electron chi connectivity index (χ2n) is 5.82. The molecule has 1 N–H and O–H groups in total. The zero-order chi connectivity index (χ0) is 14.8. The van der Waals surface area contributed by atoms with Gasteiger partial charge in [0.2, 0.25) is 5.91 Å². The van der Waals surface area contributed by atoms with Crippen molar-refractivity contribution >= 4 is 17.3 Å². The highest BCUT2D eigenvalue weighted by atomic mass is 16.6. The Balaban J connectivity index is 1.54. The first-order valence-corrected chi connectivity index (χ1v) is 7.20. The van der Waals surface area contributed by atoms with E-state index in [9.17, 15) is 14.9 Å². The molecular weight excluding hydrogens is 270 g/mol. The van der Waals surface area contributed by atoms with Crippen LogP contribution < -0.4 is 5.43 Å². The Labute approximate surface area is 122 Å². The minimum atomic E-state index is -0.453. The summed E-state index contributed by atoms with van der Waals surface area (Å²) in [6, 6.07) is 6.01. The van der Waals surface area contributed by atoms with Gasteiger partial charge in [-0.25, -0.2) is 5.43 Å². The first kappa shape index (κ1) is 13.7. The lowest BCUT2D eigenvalue weighted by molar-refractivity contribution is -0.384. The monoisotopic (exact) mass is 287 g/mol. The second kappa shape index (κ2) is 5.63. The lowest BCUT2D eigenvalue weighted by Gasteiger charge is -2.11. The molecule has 0 aliphatic heterocycles. The molecule has 2 aliphatic carbocycles. The fourth-order valence-electron chi connectivity index (χ4n) is 3.26. The number of fused-ring (bicyclic) bond motifs is 2. The zero-order valence-corrected chi connectivity index (χ0v) is 11.6. The molecule has 0 radical (unpaired) electrons. The fourth-order valence-corrected chi connectivity index (χ4v) is 3.26. The summed E-state index contributed by atoms with van der Waals surface area (Å²) in [6.07, 6.45) is 4.91. The van der Waals surface area contributed by atoms with Crippen molar-refractivity contribution in [3.63, 3.8) is 0 Å². The number of non-ortho nitro benzene ring substituents is 1. The predicted molar refractivity (Wildman–Crippen MR) is 77.8 cm³/mol. The number of carbonyl (C=O) groups excluding carboxylic acids is 1. The molecule has 0 saturated heterocycles. The SMILES string of the molecule is O=C(Cc1ccc([N+](=O)[O-])cc1)N/N=C1\C[C@H]2CC[C@H]1C2. The van der Waals surface area contributed by atoms with Crippen LogP contribution in [-0.4, -0.2) is 16.5 Å². The maximum absolute atomic E-state index is 11.8. The van der Waals surface area contributed by atoms with Gasteiger partial charge in [0.1, 0.15) is 0 Å². The van der Waals surface area contributed by atoms with Crippen LogP contribution in [0.3, 0.4) is 0 Å². The summed E-state index contributed by atoms with van der Waals surface area (Å²) in [7, 11) is 0. The van der Waals surface area contributed by atoms with Crippen LogP contribution in [-0.2, 0) is 11.2 Å². The number of benzene rings is 1. The lowest BCUT2D eigenvalue weighted by Crippen LogP contribution is -2.23. The summed E-state index contributed by atoms with van der Waals surface area (Å²) in [5.41, 5.74) is 4.51. The molecule has 6 nitrogen and oxygen atoms in total. The van der Waals surface area contributed by atoms with Gasteiger partial charge in [0, 0.05) is 17.8 Å². The molecule has 2 saturated carbocycles. The van der Waals surface area contributed by atoms with E-state index in [2.05, 4.69) is 10.5 Å². The van der Waals surface area contributed by atoms with E-state index in [1.54, 1.807) is 12.1 Å². The van der Waals surface area contributed by atoms with Gasteiger partial charge in [-0.15, -0.1) is 0 Å². The number of hydrazone groups is 1. The number of nitrogens with zero attached hydrogens (tertiary/aromatic N) is 2. The third-order valence-electron chi connectivity index (χ3n) is 4.35. The molecule has 3 rings (SSSR count). The molecule has 1 amide bonds. The highest BCUT2D eigenvalue weighted by molar-refractivity contribution is 5.91. The van der Waals surface area contributed by atoms with Crippen LogP contribution in [0.2, 0.25) is 0 Å². The average molecular weight is 287 g/mol. The molecule has 2 fully saturated rings. The predicted octanol–water partition coefficient (Wildman–Crippen LogP) is 2.43. The summed E-state index contributed by atoms with van der Waals surface area (Å²) in [5.74, 6) is 1.15. The molecule has 2 bridgehead atoms. The Morgan fingerprint density at radius 1 is 1.33 bits per heavy atom. The summed E-state index contributed by atoms with van der Waals surface area (Å²) >= 11 is 0. The van der Waals surface area contributed by atoms with Crippen molar-refractivity contribution in [2.45, 2.75) is 32.1 Å². The number of carbonyl (C=O) groups is 1. The van der Waals surface area contributed by atoms with E-state index in [-0.39, 0.29) is 18.0 Å². The van der Waals surface area contributed by atoms with Crippen LogP contribution in [0.4, 0.5) is 5.69 Å². The number of hydrogen-bond acceptors (Lipinski definition) is 4. The molecule has 0 spiro atoms. The summed E-state index contributed by atoms with van der Waals surface area (Å²) in [6.45, 7) is 0. The van der Waals surface area contributed by atoms with Crippen molar-refractivity contribution < 1.29 is 9.72 Å². The lowest BCUT2D eigenvalue weighted by atomic mass is 9.99. The molecule has 0 heterocycles. The van der Waals surface area contributed by atoms with Crippen LogP contribution in [0.1, 0.15) is 31.2 Å². The van der Waals surface area contributed by atoms with Crippen LogP contribution >= 0.6 is 0 Å². The van der Waals surface area contributed by atoms with Crippen molar-refractivity contribution in [3.8, 4) is 0 Å². The Bertz CT molecular complexity index is 595. The number of nitro groups is 1. The molecule has 2 atom stereocenters. The van der Waals surface area contributed by atoms with E-state index in [1.807, 2.05) is 0 Å². The molecule has 0 aromatic heterocycles. The Morgan fingerprint density at radius 2 is 2.10 bits per heavy atom. The van der Waals surface area contributed by atoms with E-state index in [4.69, 9.17) is 0 Å². The topological polar surface area (TPSA) is 84.6 Å². The Hall–Kier alpha value is -2.24. The fraction of sp³-hybridized carbons (Fsp3) is 0.467. The molecule has 21 heavy (non-hydrogen) atoms.